The SMILES string of the molecule is Cc1c(S(=O)(=O)Cl)cc([N+](=O)[O-])nc1OC(F)(F)F. The van der Waals surface area contributed by atoms with Crippen molar-refractivity contribution in [3.63, 3.8) is 0 Å². The second-order valence-corrected chi connectivity index (χ2v) is 5.69. The molecule has 1 rings (SSSR count). The highest BCUT2D eigenvalue weighted by Crippen LogP contribution is 2.32. The van der Waals surface area contributed by atoms with E-state index in [0.29, 0.717) is 6.07 Å². The average Bonchev–Trinajstić information content (AvgIpc) is 2.16. The van der Waals surface area contributed by atoms with Crippen molar-refractivity contribution in [3.8, 4) is 5.88 Å². The predicted octanol–water partition coefficient (Wildman–Crippen LogP) is 2.12. The van der Waals surface area contributed by atoms with Crippen LogP contribution in [-0.4, -0.2) is 24.7 Å². The average molecular weight is 321 g/mol. The van der Waals surface area contributed by atoms with Crippen LogP contribution >= 0.6 is 10.7 Å². The summed E-state index contributed by atoms with van der Waals surface area (Å²) in [5.74, 6) is -2.38. The summed E-state index contributed by atoms with van der Waals surface area (Å²) in [6, 6.07) is 0.445. The van der Waals surface area contributed by atoms with Crippen LogP contribution in [-0.2, 0) is 9.05 Å². The molecule has 0 atom stereocenters. The van der Waals surface area contributed by atoms with Gasteiger partial charge in [0.1, 0.15) is 4.90 Å². The highest BCUT2D eigenvalue weighted by Gasteiger charge is 2.37. The summed E-state index contributed by atoms with van der Waals surface area (Å²) in [4.78, 5) is 11.4. The fourth-order valence-electron chi connectivity index (χ4n) is 1.11. The van der Waals surface area contributed by atoms with Crippen molar-refractivity contribution >= 4 is 25.6 Å². The number of halogens is 4. The Morgan fingerprint density at radius 1 is 1.47 bits per heavy atom. The van der Waals surface area contributed by atoms with E-state index < -0.39 is 42.5 Å². The van der Waals surface area contributed by atoms with Gasteiger partial charge in [-0.25, -0.2) is 8.42 Å². The predicted molar refractivity (Wildman–Crippen MR) is 55.4 cm³/mol. The first-order valence-corrected chi connectivity index (χ1v) is 6.59. The third kappa shape index (κ3) is 3.92. The molecule has 0 spiro atoms. The maximum atomic E-state index is 12.1. The van der Waals surface area contributed by atoms with Crippen LogP contribution < -0.4 is 4.74 Å². The zero-order valence-corrected chi connectivity index (χ0v) is 10.5. The van der Waals surface area contributed by atoms with Crippen molar-refractivity contribution in [3.05, 3.63) is 21.7 Å². The maximum absolute atomic E-state index is 12.1. The summed E-state index contributed by atoms with van der Waals surface area (Å²) < 4.78 is 61.9. The Hall–Kier alpha value is -1.62. The van der Waals surface area contributed by atoms with Gasteiger partial charge in [-0.3, -0.25) is 0 Å². The van der Waals surface area contributed by atoms with Gasteiger partial charge in [-0.2, -0.15) is 0 Å². The number of rotatable bonds is 3. The fraction of sp³-hybridized carbons (Fsp3) is 0.286. The molecule has 0 aliphatic rings. The van der Waals surface area contributed by atoms with E-state index >= 15 is 0 Å². The molecule has 12 heteroatoms. The number of alkyl halides is 3. The summed E-state index contributed by atoms with van der Waals surface area (Å²) >= 11 is 0. The van der Waals surface area contributed by atoms with Gasteiger partial charge in [0.05, 0.1) is 11.6 Å². The van der Waals surface area contributed by atoms with Crippen LogP contribution in [0.1, 0.15) is 5.56 Å². The zero-order chi connectivity index (χ0) is 15.0. The van der Waals surface area contributed by atoms with E-state index in [9.17, 15) is 31.7 Å². The van der Waals surface area contributed by atoms with Gasteiger partial charge in [-0.05, 0) is 11.8 Å². The van der Waals surface area contributed by atoms with Crippen molar-refractivity contribution in [1.82, 2.24) is 4.98 Å². The lowest BCUT2D eigenvalue weighted by atomic mass is 10.3. The van der Waals surface area contributed by atoms with E-state index in [-0.39, 0.29) is 0 Å². The van der Waals surface area contributed by atoms with Gasteiger partial charge < -0.3 is 14.9 Å². The number of hydrogen-bond acceptors (Lipinski definition) is 6. The fourth-order valence-corrected chi connectivity index (χ4v) is 2.29. The normalized spacial score (nSPS) is 12.3. The van der Waals surface area contributed by atoms with Crippen molar-refractivity contribution in [2.75, 3.05) is 0 Å². The van der Waals surface area contributed by atoms with Gasteiger partial charge >= 0.3 is 18.1 Å². The lowest BCUT2D eigenvalue weighted by Gasteiger charge is -2.08. The minimum absolute atomic E-state index is 0.445. The summed E-state index contributed by atoms with van der Waals surface area (Å²) in [5.41, 5.74) is -0.585. The van der Waals surface area contributed by atoms with Crippen molar-refractivity contribution in [1.29, 1.82) is 0 Å². The molecule has 0 aromatic carbocycles. The van der Waals surface area contributed by atoms with Gasteiger partial charge in [-0.1, -0.05) is 0 Å². The third-order valence-corrected chi connectivity index (χ3v) is 3.28. The molecule has 1 heterocycles. The van der Waals surface area contributed by atoms with Gasteiger partial charge in [0.2, 0.25) is 0 Å². The Balaban J connectivity index is 3.55. The first-order chi connectivity index (χ1) is 8.42. The molecule has 7 nitrogen and oxygen atoms in total. The number of nitro groups is 1. The third-order valence-electron chi connectivity index (χ3n) is 1.83. The van der Waals surface area contributed by atoms with E-state index in [1.807, 2.05) is 0 Å². The highest BCUT2D eigenvalue weighted by atomic mass is 35.7. The summed E-state index contributed by atoms with van der Waals surface area (Å²) in [6.45, 7) is 0.924. The van der Waals surface area contributed by atoms with Crippen molar-refractivity contribution in [2.45, 2.75) is 18.2 Å². The van der Waals surface area contributed by atoms with E-state index in [1.54, 1.807) is 0 Å². The molecule has 19 heavy (non-hydrogen) atoms. The van der Waals surface area contributed by atoms with Crippen LogP contribution in [0.15, 0.2) is 11.0 Å². The Kier molecular flexibility index (Phi) is 3.91. The van der Waals surface area contributed by atoms with E-state index in [0.717, 1.165) is 6.92 Å². The van der Waals surface area contributed by atoms with Crippen molar-refractivity contribution < 1.29 is 31.2 Å². The smallest absolute Gasteiger partial charge is 0.366 e. The molecule has 0 amide bonds. The topological polar surface area (TPSA) is 99.4 Å². The first kappa shape index (κ1) is 15.4. The number of aromatic nitrogens is 1. The minimum atomic E-state index is -5.18. The number of nitrogens with zero attached hydrogens (tertiary/aromatic N) is 2. The van der Waals surface area contributed by atoms with Crippen LogP contribution in [0.2, 0.25) is 0 Å². The molecule has 1 aromatic heterocycles. The second-order valence-electron chi connectivity index (χ2n) is 3.15. The summed E-state index contributed by atoms with van der Waals surface area (Å²) in [7, 11) is 0.482. The Morgan fingerprint density at radius 3 is 2.37 bits per heavy atom. The van der Waals surface area contributed by atoms with E-state index in [4.69, 9.17) is 10.7 Å². The van der Waals surface area contributed by atoms with Crippen LogP contribution in [0.25, 0.3) is 0 Å². The molecule has 0 unspecified atom stereocenters. The van der Waals surface area contributed by atoms with Crippen LogP contribution in [0.5, 0.6) is 5.88 Å². The largest absolute Gasteiger partial charge is 0.575 e. The standard InChI is InChI=1S/C7H4ClF3N2O5S/c1-3-4(19(8,16)17)2-5(13(14)15)12-6(3)18-7(9,10)11/h2H,1H3. The van der Waals surface area contributed by atoms with Crippen LogP contribution in [0, 0.1) is 17.0 Å². The molecular formula is C7H4ClF3N2O5S. The van der Waals surface area contributed by atoms with Crippen LogP contribution in [0.3, 0.4) is 0 Å². The van der Waals surface area contributed by atoms with Gasteiger partial charge in [-0.15, -0.1) is 13.2 Å². The van der Waals surface area contributed by atoms with Gasteiger partial charge in [0.15, 0.2) is 0 Å². The first-order valence-electron chi connectivity index (χ1n) is 4.28. The van der Waals surface area contributed by atoms with Crippen molar-refractivity contribution in [2.24, 2.45) is 0 Å². The molecule has 0 N–H and O–H groups in total. The highest BCUT2D eigenvalue weighted by molar-refractivity contribution is 8.13. The molecule has 0 fully saturated rings. The minimum Gasteiger partial charge on any atom is -0.366 e. The molecule has 0 saturated carbocycles. The molecule has 0 bridgehead atoms. The molecule has 1 aromatic rings. The lowest BCUT2D eigenvalue weighted by molar-refractivity contribution is -0.390. The quantitative estimate of drug-likeness (QED) is 0.480. The lowest BCUT2D eigenvalue weighted by Crippen LogP contribution is -2.19. The van der Waals surface area contributed by atoms with E-state index in [1.165, 1.54) is 0 Å². The molecule has 0 radical (unpaired) electrons. The van der Waals surface area contributed by atoms with Gasteiger partial charge in [0.25, 0.3) is 9.05 Å². The zero-order valence-electron chi connectivity index (χ0n) is 8.93. The van der Waals surface area contributed by atoms with Gasteiger partial charge in [0, 0.05) is 15.7 Å². The Labute approximate surface area is 108 Å². The second kappa shape index (κ2) is 4.81. The summed E-state index contributed by atoms with van der Waals surface area (Å²) in [5, 5.41) is 10.5. The number of ether oxygens (including phenoxy) is 1. The maximum Gasteiger partial charge on any atom is 0.575 e. The summed E-state index contributed by atoms with van der Waals surface area (Å²) in [6.07, 6.45) is -5.18. The Morgan fingerprint density at radius 2 is 2.00 bits per heavy atom. The van der Waals surface area contributed by atoms with E-state index in [2.05, 4.69) is 9.72 Å². The molecule has 0 aliphatic heterocycles. The molecular weight excluding hydrogens is 317 g/mol. The Bertz CT molecular complexity index is 630. The molecule has 0 saturated heterocycles. The monoisotopic (exact) mass is 320 g/mol. The number of pyridine rings is 1. The van der Waals surface area contributed by atoms with Crippen LogP contribution in [0.4, 0.5) is 19.0 Å². The number of hydrogen-bond donors (Lipinski definition) is 0. The molecule has 106 valence electrons. The molecule has 0 aliphatic carbocycles.